The molecule has 2 rings (SSSR count). The Labute approximate surface area is 148 Å². The van der Waals surface area contributed by atoms with Crippen molar-refractivity contribution in [3.8, 4) is 5.75 Å². The van der Waals surface area contributed by atoms with Crippen molar-refractivity contribution in [3.63, 3.8) is 0 Å². The highest BCUT2D eigenvalue weighted by Crippen LogP contribution is 2.18. The van der Waals surface area contributed by atoms with Crippen molar-refractivity contribution in [1.82, 2.24) is 5.32 Å². The Bertz CT molecular complexity index is 726. The van der Waals surface area contributed by atoms with Crippen molar-refractivity contribution >= 4 is 17.5 Å². The zero-order valence-electron chi connectivity index (χ0n) is 14.8. The molecule has 0 saturated carbocycles. The highest BCUT2D eigenvalue weighted by atomic mass is 16.5. The van der Waals surface area contributed by atoms with Crippen LogP contribution in [0.3, 0.4) is 0 Å². The van der Waals surface area contributed by atoms with Crippen LogP contribution in [-0.2, 0) is 0 Å². The fourth-order valence-electron chi connectivity index (χ4n) is 2.26. The zero-order valence-corrected chi connectivity index (χ0v) is 14.8. The minimum Gasteiger partial charge on any atom is -0.494 e. The smallest absolute Gasteiger partial charge is 0.255 e. The van der Waals surface area contributed by atoms with Gasteiger partial charge in [0.25, 0.3) is 11.8 Å². The van der Waals surface area contributed by atoms with Crippen LogP contribution >= 0.6 is 0 Å². The number of hydrogen-bond donors (Lipinski definition) is 2. The highest BCUT2D eigenvalue weighted by Gasteiger charge is 2.15. The van der Waals surface area contributed by atoms with Crippen molar-refractivity contribution in [3.05, 3.63) is 59.7 Å². The van der Waals surface area contributed by atoms with Crippen LogP contribution in [0.15, 0.2) is 48.5 Å². The van der Waals surface area contributed by atoms with Gasteiger partial charge in [0, 0.05) is 11.6 Å². The van der Waals surface area contributed by atoms with Crippen LogP contribution in [-0.4, -0.2) is 24.5 Å². The Balaban J connectivity index is 2.14. The highest BCUT2D eigenvalue weighted by molar-refractivity contribution is 6.09. The Morgan fingerprint density at radius 2 is 1.68 bits per heavy atom. The Morgan fingerprint density at radius 1 is 1.00 bits per heavy atom. The average Bonchev–Trinajstić information content (AvgIpc) is 2.62. The summed E-state index contributed by atoms with van der Waals surface area (Å²) in [6, 6.07) is 13.9. The monoisotopic (exact) mass is 340 g/mol. The molecule has 1 atom stereocenters. The Kier molecular flexibility index (Phi) is 6.57. The molecule has 2 aromatic rings. The molecule has 0 heterocycles. The number of ether oxygens (including phenoxy) is 1. The number of carbonyl (C=O) groups excluding carboxylic acids is 2. The van der Waals surface area contributed by atoms with Crippen LogP contribution in [0.1, 0.15) is 47.9 Å². The van der Waals surface area contributed by atoms with E-state index < -0.39 is 0 Å². The molecular weight excluding hydrogens is 316 g/mol. The quantitative estimate of drug-likeness (QED) is 0.804. The molecule has 0 aliphatic heterocycles. The first-order valence-electron chi connectivity index (χ1n) is 8.49. The predicted octanol–water partition coefficient (Wildman–Crippen LogP) is 3.87. The molecule has 2 aromatic carbocycles. The van der Waals surface area contributed by atoms with Gasteiger partial charge in [-0.15, -0.1) is 0 Å². The number of hydrogen-bond acceptors (Lipinski definition) is 3. The largest absolute Gasteiger partial charge is 0.494 e. The number of carbonyl (C=O) groups is 2. The van der Waals surface area contributed by atoms with Gasteiger partial charge in [0.1, 0.15) is 5.75 Å². The SMILES string of the molecule is CCOc1ccc(C(=O)Nc2ccccc2C(=O)NC(C)CC)cc1. The van der Waals surface area contributed by atoms with Gasteiger partial charge in [-0.1, -0.05) is 19.1 Å². The Hall–Kier alpha value is -2.82. The van der Waals surface area contributed by atoms with Crippen LogP contribution in [0, 0.1) is 0 Å². The van der Waals surface area contributed by atoms with E-state index in [4.69, 9.17) is 4.74 Å². The normalized spacial score (nSPS) is 11.5. The van der Waals surface area contributed by atoms with E-state index in [-0.39, 0.29) is 17.9 Å². The molecule has 0 spiro atoms. The maximum absolute atomic E-state index is 12.5. The number of amides is 2. The van der Waals surface area contributed by atoms with Gasteiger partial charge in [-0.25, -0.2) is 0 Å². The first-order valence-corrected chi connectivity index (χ1v) is 8.49. The lowest BCUT2D eigenvalue weighted by Crippen LogP contribution is -2.32. The summed E-state index contributed by atoms with van der Waals surface area (Å²) < 4.78 is 5.37. The lowest BCUT2D eigenvalue weighted by atomic mass is 10.1. The number of nitrogens with one attached hydrogen (secondary N) is 2. The number of para-hydroxylation sites is 1. The zero-order chi connectivity index (χ0) is 18.2. The fourth-order valence-corrected chi connectivity index (χ4v) is 2.26. The summed E-state index contributed by atoms with van der Waals surface area (Å²) in [7, 11) is 0. The summed E-state index contributed by atoms with van der Waals surface area (Å²) in [6.45, 7) is 6.43. The van der Waals surface area contributed by atoms with Gasteiger partial charge in [0.15, 0.2) is 0 Å². The van der Waals surface area contributed by atoms with Crippen molar-refractivity contribution in [2.24, 2.45) is 0 Å². The third kappa shape index (κ3) is 5.08. The maximum atomic E-state index is 12.5. The first-order chi connectivity index (χ1) is 12.0. The molecule has 1 unspecified atom stereocenters. The molecule has 132 valence electrons. The second kappa shape index (κ2) is 8.87. The Morgan fingerprint density at radius 3 is 2.32 bits per heavy atom. The van der Waals surface area contributed by atoms with Crippen molar-refractivity contribution in [1.29, 1.82) is 0 Å². The van der Waals surface area contributed by atoms with E-state index in [1.807, 2.05) is 20.8 Å². The predicted molar refractivity (Wildman–Crippen MR) is 99.2 cm³/mol. The van der Waals surface area contributed by atoms with E-state index in [9.17, 15) is 9.59 Å². The maximum Gasteiger partial charge on any atom is 0.255 e. The molecule has 2 amide bonds. The molecule has 5 nitrogen and oxygen atoms in total. The summed E-state index contributed by atoms with van der Waals surface area (Å²) >= 11 is 0. The van der Waals surface area contributed by atoms with Crippen LogP contribution in [0.4, 0.5) is 5.69 Å². The van der Waals surface area contributed by atoms with Crippen molar-refractivity contribution < 1.29 is 14.3 Å². The lowest BCUT2D eigenvalue weighted by molar-refractivity contribution is 0.0940. The van der Waals surface area contributed by atoms with E-state index in [0.29, 0.717) is 29.2 Å². The summed E-state index contributed by atoms with van der Waals surface area (Å²) in [5.74, 6) is 0.246. The molecule has 0 aliphatic carbocycles. The molecular formula is C20H24N2O3. The van der Waals surface area contributed by atoms with Gasteiger partial charge in [0.2, 0.25) is 0 Å². The van der Waals surface area contributed by atoms with Crippen LogP contribution in [0.2, 0.25) is 0 Å². The van der Waals surface area contributed by atoms with E-state index in [2.05, 4.69) is 10.6 Å². The van der Waals surface area contributed by atoms with Gasteiger partial charge in [-0.2, -0.15) is 0 Å². The molecule has 0 saturated heterocycles. The average molecular weight is 340 g/mol. The van der Waals surface area contributed by atoms with Gasteiger partial charge < -0.3 is 15.4 Å². The van der Waals surface area contributed by atoms with E-state index in [1.165, 1.54) is 0 Å². The second-order valence-corrected chi connectivity index (χ2v) is 5.74. The summed E-state index contributed by atoms with van der Waals surface area (Å²) in [6.07, 6.45) is 0.840. The number of rotatable bonds is 7. The van der Waals surface area contributed by atoms with Crippen LogP contribution in [0.5, 0.6) is 5.75 Å². The number of benzene rings is 2. The van der Waals surface area contributed by atoms with Crippen molar-refractivity contribution in [2.45, 2.75) is 33.2 Å². The van der Waals surface area contributed by atoms with Gasteiger partial charge in [0.05, 0.1) is 17.9 Å². The number of anilines is 1. The van der Waals surface area contributed by atoms with Crippen molar-refractivity contribution in [2.75, 3.05) is 11.9 Å². The first kappa shape index (κ1) is 18.5. The lowest BCUT2D eigenvalue weighted by Gasteiger charge is -2.14. The van der Waals surface area contributed by atoms with Gasteiger partial charge >= 0.3 is 0 Å². The summed E-state index contributed by atoms with van der Waals surface area (Å²) in [5.41, 5.74) is 1.44. The molecule has 0 aliphatic rings. The molecule has 2 N–H and O–H groups in total. The fraction of sp³-hybridized carbons (Fsp3) is 0.300. The van der Waals surface area contributed by atoms with Gasteiger partial charge in [-0.05, 0) is 56.7 Å². The van der Waals surface area contributed by atoms with E-state index >= 15 is 0 Å². The topological polar surface area (TPSA) is 67.4 Å². The summed E-state index contributed by atoms with van der Waals surface area (Å²) in [5, 5.41) is 5.72. The third-order valence-corrected chi connectivity index (χ3v) is 3.84. The summed E-state index contributed by atoms with van der Waals surface area (Å²) in [4.78, 5) is 24.8. The molecule has 5 heteroatoms. The molecule has 25 heavy (non-hydrogen) atoms. The molecule has 0 fully saturated rings. The second-order valence-electron chi connectivity index (χ2n) is 5.74. The third-order valence-electron chi connectivity index (χ3n) is 3.84. The molecule has 0 aromatic heterocycles. The van der Waals surface area contributed by atoms with Crippen LogP contribution < -0.4 is 15.4 Å². The molecule has 0 radical (unpaired) electrons. The standard InChI is InChI=1S/C20H24N2O3/c1-4-14(3)21-20(24)17-8-6-7-9-18(17)22-19(23)15-10-12-16(13-11-15)25-5-2/h6-14H,4-5H2,1-3H3,(H,21,24)(H,22,23). The van der Waals surface area contributed by atoms with E-state index in [1.54, 1.807) is 48.5 Å². The minimum absolute atomic E-state index is 0.0716. The van der Waals surface area contributed by atoms with Gasteiger partial charge in [-0.3, -0.25) is 9.59 Å². The molecule has 0 bridgehead atoms. The van der Waals surface area contributed by atoms with Crippen LogP contribution in [0.25, 0.3) is 0 Å². The van der Waals surface area contributed by atoms with E-state index in [0.717, 1.165) is 6.42 Å². The minimum atomic E-state index is -0.271.